The van der Waals surface area contributed by atoms with Crippen molar-refractivity contribution in [1.82, 2.24) is 15.1 Å². The first-order valence-corrected chi connectivity index (χ1v) is 7.06. The van der Waals surface area contributed by atoms with Crippen LogP contribution in [0.15, 0.2) is 0 Å². The molecule has 0 aromatic rings. The zero-order chi connectivity index (χ0) is 14.6. The Hall–Kier alpha value is -1.10. The maximum absolute atomic E-state index is 12.3. The van der Waals surface area contributed by atoms with Gasteiger partial charge in [0, 0.05) is 14.1 Å². The number of carbonyl (C=O) groups is 2. The van der Waals surface area contributed by atoms with Crippen LogP contribution in [0.4, 0.5) is 0 Å². The van der Waals surface area contributed by atoms with E-state index < -0.39 is 6.04 Å². The van der Waals surface area contributed by atoms with Gasteiger partial charge in [-0.05, 0) is 32.4 Å². The van der Waals surface area contributed by atoms with E-state index in [0.29, 0.717) is 0 Å². The number of amides is 2. The Morgan fingerprint density at radius 3 is 2.37 bits per heavy atom. The largest absolute Gasteiger partial charge is 0.347 e. The molecule has 5 heteroatoms. The molecule has 1 aliphatic heterocycles. The molecule has 1 saturated heterocycles. The van der Waals surface area contributed by atoms with E-state index in [0.717, 1.165) is 25.8 Å². The highest BCUT2D eigenvalue weighted by Gasteiger charge is 2.31. The number of hydrogen-bond acceptors (Lipinski definition) is 3. The summed E-state index contributed by atoms with van der Waals surface area (Å²) in [5, 5.41) is 2.93. The number of likely N-dealkylation sites (tertiary alicyclic amines) is 1. The molecule has 0 saturated carbocycles. The predicted octanol–water partition coefficient (Wildman–Crippen LogP) is 0.700. The van der Waals surface area contributed by atoms with E-state index in [2.05, 4.69) is 10.2 Å². The fourth-order valence-electron chi connectivity index (χ4n) is 2.45. The van der Waals surface area contributed by atoms with Gasteiger partial charge >= 0.3 is 0 Å². The minimum atomic E-state index is -0.433. The average molecular weight is 269 g/mol. The van der Waals surface area contributed by atoms with E-state index in [1.54, 1.807) is 14.1 Å². The molecule has 2 amide bonds. The normalized spacial score (nSPS) is 22.1. The monoisotopic (exact) mass is 269 g/mol. The molecular formula is C14H27N3O2. The Morgan fingerprint density at radius 2 is 1.89 bits per heavy atom. The Morgan fingerprint density at radius 1 is 1.26 bits per heavy atom. The molecule has 1 fully saturated rings. The van der Waals surface area contributed by atoms with Crippen molar-refractivity contribution >= 4 is 11.8 Å². The molecule has 0 aromatic heterocycles. The first-order chi connectivity index (χ1) is 8.84. The fraction of sp³-hybridized carbons (Fsp3) is 0.857. The second-order valence-corrected chi connectivity index (χ2v) is 5.96. The van der Waals surface area contributed by atoms with Gasteiger partial charge in [0.15, 0.2) is 0 Å². The van der Waals surface area contributed by atoms with E-state index in [1.807, 2.05) is 20.9 Å². The average Bonchev–Trinajstić information content (AvgIpc) is 2.34. The molecule has 0 spiro atoms. The van der Waals surface area contributed by atoms with Crippen LogP contribution in [0.3, 0.4) is 0 Å². The number of carbonyl (C=O) groups excluding carboxylic acids is 2. The van der Waals surface area contributed by atoms with Crippen LogP contribution in [-0.2, 0) is 9.59 Å². The number of nitrogens with zero attached hydrogens (tertiary/aromatic N) is 2. The van der Waals surface area contributed by atoms with Crippen LogP contribution in [0.1, 0.15) is 33.1 Å². The highest BCUT2D eigenvalue weighted by molar-refractivity contribution is 5.89. The Balaban J connectivity index is 2.68. The third kappa shape index (κ3) is 4.20. The van der Waals surface area contributed by atoms with E-state index in [1.165, 1.54) is 4.90 Å². The zero-order valence-electron chi connectivity index (χ0n) is 12.8. The summed E-state index contributed by atoms with van der Waals surface area (Å²) in [5.74, 6) is 0.0330. The zero-order valence-corrected chi connectivity index (χ0v) is 12.8. The van der Waals surface area contributed by atoms with Crippen molar-refractivity contribution in [3.05, 3.63) is 0 Å². The molecule has 1 aliphatic rings. The van der Waals surface area contributed by atoms with Gasteiger partial charge in [0.2, 0.25) is 11.8 Å². The Kier molecular flexibility index (Phi) is 5.79. The van der Waals surface area contributed by atoms with Gasteiger partial charge in [-0.2, -0.15) is 0 Å². The first kappa shape index (κ1) is 16.0. The maximum atomic E-state index is 12.3. The maximum Gasteiger partial charge on any atom is 0.244 e. The van der Waals surface area contributed by atoms with Crippen LogP contribution in [0.5, 0.6) is 0 Å². The van der Waals surface area contributed by atoms with Crippen molar-refractivity contribution in [2.75, 3.05) is 27.7 Å². The summed E-state index contributed by atoms with van der Waals surface area (Å²) in [5.41, 5.74) is 0. The van der Waals surface area contributed by atoms with Gasteiger partial charge in [-0.25, -0.2) is 0 Å². The number of nitrogens with one attached hydrogen (secondary N) is 1. The van der Waals surface area contributed by atoms with E-state index in [9.17, 15) is 9.59 Å². The van der Waals surface area contributed by atoms with Crippen molar-refractivity contribution in [3.63, 3.8) is 0 Å². The van der Waals surface area contributed by atoms with Crippen molar-refractivity contribution < 1.29 is 9.59 Å². The van der Waals surface area contributed by atoms with Gasteiger partial charge in [0.25, 0.3) is 0 Å². The highest BCUT2D eigenvalue weighted by Crippen LogP contribution is 2.16. The van der Waals surface area contributed by atoms with E-state index >= 15 is 0 Å². The molecule has 2 atom stereocenters. The van der Waals surface area contributed by atoms with Crippen LogP contribution in [0.2, 0.25) is 0 Å². The standard InChI is InChI=1S/C14H27N3O2/c1-10(2)12(14(19)16(3)4)15-13(18)11-8-6-7-9-17(11)5/h10-12H,6-9H2,1-5H3,(H,15,18)/t11-,12+/m1/s1. The molecular weight excluding hydrogens is 242 g/mol. The lowest BCUT2D eigenvalue weighted by molar-refractivity contribution is -0.137. The molecule has 0 bridgehead atoms. The lowest BCUT2D eigenvalue weighted by Crippen LogP contribution is -2.55. The van der Waals surface area contributed by atoms with Crippen LogP contribution >= 0.6 is 0 Å². The van der Waals surface area contributed by atoms with Gasteiger partial charge in [-0.1, -0.05) is 20.3 Å². The summed E-state index contributed by atoms with van der Waals surface area (Å²) in [6.45, 7) is 4.86. The van der Waals surface area contributed by atoms with Crippen LogP contribution < -0.4 is 5.32 Å². The summed E-state index contributed by atoms with van der Waals surface area (Å²) >= 11 is 0. The molecule has 0 radical (unpaired) electrons. The quantitative estimate of drug-likeness (QED) is 0.817. The molecule has 0 unspecified atom stereocenters. The van der Waals surface area contributed by atoms with E-state index in [4.69, 9.17) is 0 Å². The smallest absolute Gasteiger partial charge is 0.244 e. The summed E-state index contributed by atoms with van der Waals surface area (Å²) < 4.78 is 0. The molecule has 19 heavy (non-hydrogen) atoms. The van der Waals surface area contributed by atoms with Gasteiger partial charge in [0.1, 0.15) is 6.04 Å². The second kappa shape index (κ2) is 6.89. The van der Waals surface area contributed by atoms with Crippen molar-refractivity contribution in [1.29, 1.82) is 0 Å². The summed E-state index contributed by atoms with van der Waals surface area (Å²) in [4.78, 5) is 28.0. The van der Waals surface area contributed by atoms with Gasteiger partial charge in [0.05, 0.1) is 6.04 Å². The molecule has 110 valence electrons. The van der Waals surface area contributed by atoms with Crippen molar-refractivity contribution in [2.45, 2.75) is 45.2 Å². The lowest BCUT2D eigenvalue weighted by atomic mass is 9.99. The van der Waals surface area contributed by atoms with Gasteiger partial charge < -0.3 is 10.2 Å². The molecule has 0 aromatic carbocycles. The van der Waals surface area contributed by atoms with Crippen molar-refractivity contribution in [3.8, 4) is 0 Å². The summed E-state index contributed by atoms with van der Waals surface area (Å²) in [6, 6.07) is -0.525. The number of likely N-dealkylation sites (N-methyl/N-ethyl adjacent to an activating group) is 2. The number of piperidine rings is 1. The lowest BCUT2D eigenvalue weighted by Gasteiger charge is -2.33. The third-order valence-electron chi connectivity index (χ3n) is 3.74. The fourth-order valence-corrected chi connectivity index (χ4v) is 2.45. The molecule has 1 heterocycles. The molecule has 5 nitrogen and oxygen atoms in total. The van der Waals surface area contributed by atoms with Crippen LogP contribution in [-0.4, -0.2) is 61.4 Å². The molecule has 0 aliphatic carbocycles. The molecule has 1 rings (SSSR count). The highest BCUT2D eigenvalue weighted by atomic mass is 16.2. The Labute approximate surface area is 116 Å². The van der Waals surface area contributed by atoms with Crippen LogP contribution in [0, 0.1) is 5.92 Å². The number of hydrogen-bond donors (Lipinski definition) is 1. The first-order valence-electron chi connectivity index (χ1n) is 7.06. The predicted molar refractivity (Wildman–Crippen MR) is 75.7 cm³/mol. The van der Waals surface area contributed by atoms with Gasteiger partial charge in [-0.3, -0.25) is 14.5 Å². The second-order valence-electron chi connectivity index (χ2n) is 5.96. The number of rotatable bonds is 4. The summed E-state index contributed by atoms with van der Waals surface area (Å²) in [6.07, 6.45) is 3.10. The van der Waals surface area contributed by atoms with Gasteiger partial charge in [-0.15, -0.1) is 0 Å². The SMILES string of the molecule is CC(C)[C@H](NC(=O)[C@H]1CCCCN1C)C(=O)N(C)C. The Bertz CT molecular complexity index is 329. The third-order valence-corrected chi connectivity index (χ3v) is 3.74. The van der Waals surface area contributed by atoms with E-state index in [-0.39, 0.29) is 23.8 Å². The summed E-state index contributed by atoms with van der Waals surface area (Å²) in [7, 11) is 5.41. The van der Waals surface area contributed by atoms with Crippen LogP contribution in [0.25, 0.3) is 0 Å². The van der Waals surface area contributed by atoms with Crippen molar-refractivity contribution in [2.24, 2.45) is 5.92 Å². The minimum absolute atomic E-state index is 0.0175. The topological polar surface area (TPSA) is 52.7 Å². The minimum Gasteiger partial charge on any atom is -0.347 e. The molecule has 1 N–H and O–H groups in total.